The Morgan fingerprint density at radius 1 is 0.973 bits per heavy atom. The van der Waals surface area contributed by atoms with E-state index < -0.39 is 15.9 Å². The van der Waals surface area contributed by atoms with Crippen LogP contribution in [0.25, 0.3) is 5.69 Å². The first-order valence-electron chi connectivity index (χ1n) is 12.0. The Kier molecular flexibility index (Phi) is 7.93. The second kappa shape index (κ2) is 11.3. The monoisotopic (exact) mass is 518 g/mol. The molecule has 0 unspecified atom stereocenters. The van der Waals surface area contributed by atoms with Crippen LogP contribution in [0.1, 0.15) is 23.9 Å². The molecule has 1 aromatic heterocycles. The number of ether oxygens (including phenoxy) is 1. The molecule has 8 nitrogen and oxygen atoms in total. The van der Waals surface area contributed by atoms with Crippen LogP contribution in [0.15, 0.2) is 90.1 Å². The maximum atomic E-state index is 13.6. The number of rotatable bonds is 10. The summed E-state index contributed by atoms with van der Waals surface area (Å²) in [6, 6.07) is 21.0. The highest BCUT2D eigenvalue weighted by molar-refractivity contribution is 7.92. The van der Waals surface area contributed by atoms with Crippen molar-refractivity contribution in [2.24, 2.45) is 0 Å². The molecule has 37 heavy (non-hydrogen) atoms. The number of sulfonamides is 1. The van der Waals surface area contributed by atoms with E-state index in [-0.39, 0.29) is 18.0 Å². The van der Waals surface area contributed by atoms with E-state index in [9.17, 15) is 13.2 Å². The molecule has 0 aliphatic carbocycles. The van der Waals surface area contributed by atoms with Crippen molar-refractivity contribution >= 4 is 21.6 Å². The van der Waals surface area contributed by atoms with Crippen LogP contribution >= 0.6 is 0 Å². The van der Waals surface area contributed by atoms with Gasteiger partial charge in [0.2, 0.25) is 5.91 Å². The summed E-state index contributed by atoms with van der Waals surface area (Å²) < 4.78 is 35.7. The molecule has 1 amide bonds. The summed E-state index contributed by atoms with van der Waals surface area (Å²) in [5, 5.41) is 2.84. The number of aromatic nitrogens is 2. The van der Waals surface area contributed by atoms with E-state index in [1.165, 1.54) is 12.1 Å². The molecule has 0 saturated heterocycles. The van der Waals surface area contributed by atoms with Gasteiger partial charge in [-0.3, -0.25) is 9.10 Å². The second-order valence-electron chi connectivity index (χ2n) is 8.54. The van der Waals surface area contributed by atoms with Gasteiger partial charge < -0.3 is 14.6 Å². The fourth-order valence-corrected chi connectivity index (χ4v) is 5.26. The summed E-state index contributed by atoms with van der Waals surface area (Å²) in [5.74, 6) is 1.05. The minimum absolute atomic E-state index is 0.0784. The molecular weight excluding hydrogens is 488 g/mol. The van der Waals surface area contributed by atoms with Crippen LogP contribution in [0.4, 0.5) is 5.69 Å². The number of hydrogen-bond acceptors (Lipinski definition) is 5. The second-order valence-corrected chi connectivity index (χ2v) is 10.4. The van der Waals surface area contributed by atoms with E-state index >= 15 is 0 Å². The number of carbonyl (C=O) groups excluding carboxylic acids is 1. The quantitative estimate of drug-likeness (QED) is 0.336. The molecule has 0 atom stereocenters. The van der Waals surface area contributed by atoms with Gasteiger partial charge in [-0.2, -0.15) is 0 Å². The summed E-state index contributed by atoms with van der Waals surface area (Å²) in [7, 11) is -4.00. The third kappa shape index (κ3) is 6.18. The topological polar surface area (TPSA) is 93.5 Å². The highest BCUT2D eigenvalue weighted by Crippen LogP contribution is 2.25. The Balaban J connectivity index is 1.50. The first-order valence-corrected chi connectivity index (χ1v) is 13.4. The van der Waals surface area contributed by atoms with Crippen molar-refractivity contribution in [3.63, 3.8) is 0 Å². The van der Waals surface area contributed by atoms with Crippen LogP contribution in [0.3, 0.4) is 0 Å². The lowest BCUT2D eigenvalue weighted by Crippen LogP contribution is -2.40. The number of aryl methyl sites for hydroxylation is 2. The van der Waals surface area contributed by atoms with Crippen LogP contribution in [0, 0.1) is 13.8 Å². The van der Waals surface area contributed by atoms with Crippen LogP contribution in [0.2, 0.25) is 0 Å². The van der Waals surface area contributed by atoms with Crippen LogP contribution in [-0.4, -0.2) is 37.0 Å². The third-order valence-corrected chi connectivity index (χ3v) is 7.65. The smallest absolute Gasteiger partial charge is 0.264 e. The summed E-state index contributed by atoms with van der Waals surface area (Å²) >= 11 is 0. The lowest BCUT2D eigenvalue weighted by atomic mass is 10.2. The molecule has 1 heterocycles. The van der Waals surface area contributed by atoms with Crippen LogP contribution < -0.4 is 14.4 Å². The van der Waals surface area contributed by atoms with E-state index in [4.69, 9.17) is 4.74 Å². The first-order chi connectivity index (χ1) is 17.8. The number of carbonyl (C=O) groups is 1. The number of nitrogens with zero attached hydrogens (tertiary/aromatic N) is 3. The van der Waals surface area contributed by atoms with Crippen molar-refractivity contribution in [3.05, 3.63) is 102 Å². The first kappa shape index (κ1) is 26.0. The van der Waals surface area contributed by atoms with Crippen LogP contribution in [-0.2, 0) is 21.4 Å². The van der Waals surface area contributed by atoms with E-state index in [2.05, 4.69) is 10.3 Å². The van der Waals surface area contributed by atoms with Gasteiger partial charge in [0, 0.05) is 24.6 Å². The largest absolute Gasteiger partial charge is 0.494 e. The van der Waals surface area contributed by atoms with Gasteiger partial charge in [-0.1, -0.05) is 29.8 Å². The van der Waals surface area contributed by atoms with Gasteiger partial charge in [0.25, 0.3) is 10.0 Å². The predicted molar refractivity (Wildman–Crippen MR) is 143 cm³/mol. The average Bonchev–Trinajstić information content (AvgIpc) is 3.33. The summed E-state index contributed by atoms with van der Waals surface area (Å²) in [6.45, 7) is 6.10. The zero-order valence-electron chi connectivity index (χ0n) is 21.1. The molecule has 4 aromatic rings. The highest BCUT2D eigenvalue weighted by atomic mass is 32.2. The Bertz CT molecular complexity index is 1450. The van der Waals surface area contributed by atoms with Crippen molar-refractivity contribution < 1.29 is 17.9 Å². The molecule has 0 saturated carbocycles. The molecule has 4 rings (SSSR count). The lowest BCUT2D eigenvalue weighted by Gasteiger charge is -2.24. The number of imidazole rings is 1. The predicted octanol–water partition coefficient (Wildman–Crippen LogP) is 4.40. The maximum Gasteiger partial charge on any atom is 0.264 e. The number of benzene rings is 3. The molecule has 0 radical (unpaired) electrons. The summed E-state index contributed by atoms with van der Waals surface area (Å²) in [6.07, 6.45) is 3.63. The third-order valence-electron chi connectivity index (χ3n) is 5.86. The van der Waals surface area contributed by atoms with Crippen molar-refractivity contribution in [1.29, 1.82) is 0 Å². The number of nitrogens with one attached hydrogen (secondary N) is 1. The van der Waals surface area contributed by atoms with E-state index in [0.717, 1.165) is 26.9 Å². The van der Waals surface area contributed by atoms with Gasteiger partial charge in [0.15, 0.2) is 0 Å². The van der Waals surface area contributed by atoms with Crippen molar-refractivity contribution in [1.82, 2.24) is 14.9 Å². The molecule has 0 spiro atoms. The molecule has 0 aliphatic rings. The van der Waals surface area contributed by atoms with Gasteiger partial charge in [-0.05, 0) is 74.9 Å². The normalized spacial score (nSPS) is 11.2. The molecule has 1 N–H and O–H groups in total. The number of hydrogen-bond donors (Lipinski definition) is 1. The van der Waals surface area contributed by atoms with E-state index in [0.29, 0.717) is 18.0 Å². The maximum absolute atomic E-state index is 13.6. The fraction of sp³-hybridized carbons (Fsp3) is 0.214. The van der Waals surface area contributed by atoms with E-state index in [1.54, 1.807) is 30.5 Å². The minimum atomic E-state index is -4.00. The zero-order valence-corrected chi connectivity index (χ0v) is 21.9. The van der Waals surface area contributed by atoms with Crippen molar-refractivity contribution in [3.8, 4) is 11.4 Å². The zero-order chi connectivity index (χ0) is 26.4. The molecular formula is C28H30N4O4S. The molecule has 9 heteroatoms. The minimum Gasteiger partial charge on any atom is -0.494 e. The van der Waals surface area contributed by atoms with Gasteiger partial charge >= 0.3 is 0 Å². The van der Waals surface area contributed by atoms with Gasteiger partial charge in [-0.15, -0.1) is 0 Å². The number of amides is 1. The summed E-state index contributed by atoms with van der Waals surface area (Å²) in [4.78, 5) is 17.2. The number of anilines is 1. The molecule has 0 fully saturated rings. The molecule has 3 aromatic carbocycles. The van der Waals surface area contributed by atoms with Gasteiger partial charge in [0.05, 0.1) is 17.2 Å². The van der Waals surface area contributed by atoms with Crippen LogP contribution in [0.5, 0.6) is 5.75 Å². The highest BCUT2D eigenvalue weighted by Gasteiger charge is 2.27. The standard InChI is InChI=1S/C28H30N4O4S/c1-4-36-26-13-15-27(16-14-26)37(34,35)32(25-9-5-21(2)6-10-25)20-28(33)30-19-23-7-11-24(12-8-23)31-18-17-29-22(31)3/h5-18H,4,19-20H2,1-3H3,(H,30,33). The SMILES string of the molecule is CCOc1ccc(S(=O)(=O)N(CC(=O)NCc2ccc(-n3ccnc3C)cc2)c2ccc(C)cc2)cc1. The lowest BCUT2D eigenvalue weighted by molar-refractivity contribution is -0.119. The van der Waals surface area contributed by atoms with Crippen molar-refractivity contribution in [2.45, 2.75) is 32.2 Å². The average molecular weight is 519 g/mol. The Hall–Kier alpha value is -4.11. The van der Waals surface area contributed by atoms with E-state index in [1.807, 2.05) is 67.9 Å². The molecule has 0 bridgehead atoms. The fourth-order valence-electron chi connectivity index (χ4n) is 3.84. The summed E-state index contributed by atoms with van der Waals surface area (Å²) in [5.41, 5.74) is 3.26. The van der Waals surface area contributed by atoms with Gasteiger partial charge in [0.1, 0.15) is 18.1 Å². The molecule has 192 valence electrons. The molecule has 0 aliphatic heterocycles. The Morgan fingerprint density at radius 2 is 1.65 bits per heavy atom. The van der Waals surface area contributed by atoms with Gasteiger partial charge in [-0.25, -0.2) is 13.4 Å². The Morgan fingerprint density at radius 3 is 2.24 bits per heavy atom. The Labute approximate surface area is 217 Å². The van der Waals surface area contributed by atoms with Crippen molar-refractivity contribution in [2.75, 3.05) is 17.5 Å².